The maximum absolute atomic E-state index is 12.2. The van der Waals surface area contributed by atoms with Gasteiger partial charge in [0.1, 0.15) is 0 Å². The van der Waals surface area contributed by atoms with Crippen molar-refractivity contribution in [3.8, 4) is 0 Å². The van der Waals surface area contributed by atoms with Gasteiger partial charge in [0.25, 0.3) is 0 Å². The molecule has 1 aliphatic rings. The van der Waals surface area contributed by atoms with Crippen LogP contribution in [0.15, 0.2) is 48.5 Å². The van der Waals surface area contributed by atoms with Crippen LogP contribution in [0, 0.1) is 0 Å². The van der Waals surface area contributed by atoms with Crippen LogP contribution >= 0.6 is 11.6 Å². The van der Waals surface area contributed by atoms with Crippen LogP contribution in [0.5, 0.6) is 0 Å². The van der Waals surface area contributed by atoms with Gasteiger partial charge in [0.15, 0.2) is 5.78 Å². The molecule has 0 atom stereocenters. The lowest BCUT2D eigenvalue weighted by molar-refractivity contribution is -0.122. The van der Waals surface area contributed by atoms with Crippen LogP contribution < -0.4 is 10.2 Å². The number of nitrogens with zero attached hydrogens (tertiary/aromatic N) is 2. The predicted octanol–water partition coefficient (Wildman–Crippen LogP) is 3.02. The summed E-state index contributed by atoms with van der Waals surface area (Å²) in [6.07, 6.45) is 0.799. The fraction of sp³-hybridized carbons (Fsp3) is 0.364. The van der Waals surface area contributed by atoms with Crippen LogP contribution in [0.4, 0.5) is 5.69 Å². The Labute approximate surface area is 171 Å². The van der Waals surface area contributed by atoms with Crippen molar-refractivity contribution in [1.29, 1.82) is 0 Å². The second-order valence-corrected chi connectivity index (χ2v) is 7.53. The van der Waals surface area contributed by atoms with E-state index in [0.29, 0.717) is 13.1 Å². The third-order valence-electron chi connectivity index (χ3n) is 5.03. The first-order valence-electron chi connectivity index (χ1n) is 9.61. The number of amides is 1. The molecule has 1 aliphatic heterocycles. The molecule has 2 aromatic rings. The van der Waals surface area contributed by atoms with E-state index in [0.717, 1.165) is 54.4 Å². The van der Waals surface area contributed by atoms with Crippen LogP contribution in [-0.2, 0) is 11.2 Å². The van der Waals surface area contributed by atoms with Crippen LogP contribution in [-0.4, -0.2) is 55.9 Å². The number of carbonyl (C=O) groups is 2. The largest absolute Gasteiger partial charge is 0.369 e. The highest BCUT2D eigenvalue weighted by Gasteiger charge is 2.19. The highest BCUT2D eigenvalue weighted by Crippen LogP contribution is 2.17. The molecule has 1 heterocycles. The molecule has 6 heteroatoms. The van der Waals surface area contributed by atoms with Crippen LogP contribution in [0.25, 0.3) is 0 Å². The van der Waals surface area contributed by atoms with E-state index in [1.807, 2.05) is 48.5 Å². The quantitative estimate of drug-likeness (QED) is 0.727. The molecule has 0 spiro atoms. The molecule has 1 N–H and O–H groups in total. The Balaban J connectivity index is 1.38. The average molecular weight is 400 g/mol. The van der Waals surface area contributed by atoms with Gasteiger partial charge in [-0.1, -0.05) is 23.7 Å². The zero-order chi connectivity index (χ0) is 19.9. The Morgan fingerprint density at radius 3 is 2.21 bits per heavy atom. The minimum atomic E-state index is 0.0632. The van der Waals surface area contributed by atoms with Crippen molar-refractivity contribution >= 4 is 29.0 Å². The summed E-state index contributed by atoms with van der Waals surface area (Å²) in [5, 5.41) is 3.72. The Kier molecular flexibility index (Phi) is 7.06. The molecule has 1 amide bonds. The summed E-state index contributed by atoms with van der Waals surface area (Å²) in [6.45, 7) is 6.07. The number of halogens is 1. The number of hydrogen-bond donors (Lipinski definition) is 1. The van der Waals surface area contributed by atoms with Crippen molar-refractivity contribution < 1.29 is 9.59 Å². The average Bonchev–Trinajstić information content (AvgIpc) is 2.70. The summed E-state index contributed by atoms with van der Waals surface area (Å²) in [4.78, 5) is 28.0. The van der Waals surface area contributed by atoms with E-state index in [1.165, 1.54) is 0 Å². The Morgan fingerprint density at radius 1 is 0.964 bits per heavy atom. The van der Waals surface area contributed by atoms with E-state index >= 15 is 0 Å². The number of nitrogens with one attached hydrogen (secondary N) is 1. The summed E-state index contributed by atoms with van der Waals surface area (Å²) < 4.78 is 0. The van der Waals surface area contributed by atoms with Gasteiger partial charge in [-0.3, -0.25) is 14.5 Å². The third kappa shape index (κ3) is 5.81. The van der Waals surface area contributed by atoms with Crippen molar-refractivity contribution in [3.05, 3.63) is 64.7 Å². The second kappa shape index (κ2) is 9.71. The molecule has 0 aliphatic carbocycles. The van der Waals surface area contributed by atoms with Gasteiger partial charge in [-0.25, -0.2) is 0 Å². The number of rotatable bonds is 7. The molecule has 5 nitrogen and oxygen atoms in total. The molecular formula is C22H26ClN3O2. The number of piperazine rings is 1. The molecule has 0 radical (unpaired) electrons. The molecule has 28 heavy (non-hydrogen) atoms. The van der Waals surface area contributed by atoms with E-state index in [9.17, 15) is 9.59 Å². The minimum absolute atomic E-state index is 0.0632. The molecule has 148 valence electrons. The van der Waals surface area contributed by atoms with Gasteiger partial charge in [-0.15, -0.1) is 0 Å². The summed E-state index contributed by atoms with van der Waals surface area (Å²) in [5.74, 6) is 0.145. The van der Waals surface area contributed by atoms with Gasteiger partial charge in [-0.05, 0) is 55.3 Å². The van der Waals surface area contributed by atoms with Crippen LogP contribution in [0.3, 0.4) is 0 Å². The van der Waals surface area contributed by atoms with Crippen molar-refractivity contribution in [2.45, 2.75) is 13.3 Å². The number of carbonyl (C=O) groups excluding carboxylic acids is 2. The Hall–Kier alpha value is -2.37. The minimum Gasteiger partial charge on any atom is -0.369 e. The second-order valence-electron chi connectivity index (χ2n) is 7.09. The van der Waals surface area contributed by atoms with Gasteiger partial charge in [0, 0.05) is 49.0 Å². The van der Waals surface area contributed by atoms with Crippen molar-refractivity contribution in [2.75, 3.05) is 44.2 Å². The van der Waals surface area contributed by atoms with Gasteiger partial charge in [0.2, 0.25) is 5.91 Å². The summed E-state index contributed by atoms with van der Waals surface area (Å²) in [7, 11) is 0. The first-order chi connectivity index (χ1) is 13.5. The highest BCUT2D eigenvalue weighted by atomic mass is 35.5. The van der Waals surface area contributed by atoms with Gasteiger partial charge >= 0.3 is 0 Å². The molecule has 0 unspecified atom stereocenters. The maximum atomic E-state index is 12.2. The summed E-state index contributed by atoms with van der Waals surface area (Å²) >= 11 is 5.88. The Bertz CT molecular complexity index is 798. The van der Waals surface area contributed by atoms with Crippen LogP contribution in [0.2, 0.25) is 5.02 Å². The lowest BCUT2D eigenvalue weighted by Crippen LogP contribution is -2.49. The van der Waals surface area contributed by atoms with E-state index in [2.05, 4.69) is 15.1 Å². The zero-order valence-electron chi connectivity index (χ0n) is 16.2. The predicted molar refractivity (Wildman–Crippen MR) is 113 cm³/mol. The molecule has 3 rings (SSSR count). The number of ketones is 1. The number of hydrogen-bond acceptors (Lipinski definition) is 4. The monoisotopic (exact) mass is 399 g/mol. The maximum Gasteiger partial charge on any atom is 0.234 e. The molecular weight excluding hydrogens is 374 g/mol. The molecule has 0 bridgehead atoms. The van der Waals surface area contributed by atoms with E-state index in [4.69, 9.17) is 11.6 Å². The zero-order valence-corrected chi connectivity index (χ0v) is 16.9. The summed E-state index contributed by atoms with van der Waals surface area (Å²) in [5.41, 5.74) is 3.02. The molecule has 1 fully saturated rings. The summed E-state index contributed by atoms with van der Waals surface area (Å²) in [6, 6.07) is 15.4. The fourth-order valence-corrected chi connectivity index (χ4v) is 3.45. The van der Waals surface area contributed by atoms with Gasteiger partial charge < -0.3 is 10.2 Å². The molecule has 2 aromatic carbocycles. The molecule has 1 saturated heterocycles. The standard InChI is InChI=1S/C22H26ClN3O2/c1-17(27)19-4-8-21(9-5-19)26-14-12-25(13-15-26)16-22(28)24-11-10-18-2-6-20(23)7-3-18/h2-9H,10-16H2,1H3,(H,24,28). The Morgan fingerprint density at radius 2 is 1.61 bits per heavy atom. The van der Waals surface area contributed by atoms with E-state index in [1.54, 1.807) is 6.92 Å². The molecule has 0 aromatic heterocycles. The third-order valence-corrected chi connectivity index (χ3v) is 5.28. The van der Waals surface area contributed by atoms with Crippen LogP contribution in [0.1, 0.15) is 22.8 Å². The number of anilines is 1. The number of benzene rings is 2. The first kappa shape index (κ1) is 20.4. The topological polar surface area (TPSA) is 52.7 Å². The van der Waals surface area contributed by atoms with E-state index in [-0.39, 0.29) is 11.7 Å². The lowest BCUT2D eigenvalue weighted by Gasteiger charge is -2.35. The lowest BCUT2D eigenvalue weighted by atomic mass is 10.1. The highest BCUT2D eigenvalue weighted by molar-refractivity contribution is 6.30. The van der Waals surface area contributed by atoms with Gasteiger partial charge in [-0.2, -0.15) is 0 Å². The van der Waals surface area contributed by atoms with Crippen molar-refractivity contribution in [2.24, 2.45) is 0 Å². The van der Waals surface area contributed by atoms with E-state index < -0.39 is 0 Å². The van der Waals surface area contributed by atoms with Crippen molar-refractivity contribution in [3.63, 3.8) is 0 Å². The SMILES string of the molecule is CC(=O)c1ccc(N2CCN(CC(=O)NCCc3ccc(Cl)cc3)CC2)cc1. The molecule has 0 saturated carbocycles. The fourth-order valence-electron chi connectivity index (χ4n) is 3.33. The van der Waals surface area contributed by atoms with Crippen molar-refractivity contribution in [1.82, 2.24) is 10.2 Å². The first-order valence-corrected chi connectivity index (χ1v) is 9.98. The van der Waals surface area contributed by atoms with Gasteiger partial charge in [0.05, 0.1) is 6.54 Å². The smallest absolute Gasteiger partial charge is 0.234 e. The number of Topliss-reactive ketones (excluding diaryl/α,β-unsaturated/α-hetero) is 1. The normalized spacial score (nSPS) is 14.7.